The number of hydrogen-bond donors (Lipinski definition) is 0. The Hall–Kier alpha value is -0.550. The number of imidazole rings is 1. The van der Waals surface area contributed by atoms with Gasteiger partial charge in [0.1, 0.15) is 5.82 Å². The summed E-state index contributed by atoms with van der Waals surface area (Å²) in [6, 6.07) is 0. The molecule has 0 saturated heterocycles. The smallest absolute Gasteiger partial charge is 0.232 e. The Balaban J connectivity index is 2.07. The van der Waals surface area contributed by atoms with E-state index in [-0.39, 0.29) is 5.75 Å². The molecule has 4 nitrogen and oxygen atoms in total. The van der Waals surface area contributed by atoms with Crippen LogP contribution in [0.25, 0.3) is 0 Å². The lowest BCUT2D eigenvalue weighted by Crippen LogP contribution is -2.08. The van der Waals surface area contributed by atoms with Gasteiger partial charge in [-0.2, -0.15) is 0 Å². The van der Waals surface area contributed by atoms with Gasteiger partial charge in [0.05, 0.1) is 11.4 Å². The highest BCUT2D eigenvalue weighted by molar-refractivity contribution is 8.13. The molecule has 0 N–H and O–H groups in total. The maximum Gasteiger partial charge on any atom is 0.232 e. The monoisotopic (exact) mass is 248 g/mol. The molecule has 6 heteroatoms. The molecule has 2 rings (SSSR count). The van der Waals surface area contributed by atoms with E-state index < -0.39 is 9.05 Å². The van der Waals surface area contributed by atoms with E-state index in [0.29, 0.717) is 6.42 Å². The van der Waals surface area contributed by atoms with Crippen molar-refractivity contribution in [3.63, 3.8) is 0 Å². The summed E-state index contributed by atoms with van der Waals surface area (Å²) < 4.78 is 23.7. The average Bonchev–Trinajstić information content (AvgIpc) is 2.56. The van der Waals surface area contributed by atoms with Crippen molar-refractivity contribution in [2.24, 2.45) is 0 Å². The number of fused-ring (bicyclic) bond motifs is 1. The van der Waals surface area contributed by atoms with Crippen molar-refractivity contribution < 1.29 is 8.42 Å². The van der Waals surface area contributed by atoms with E-state index >= 15 is 0 Å². The zero-order chi connectivity index (χ0) is 10.9. The van der Waals surface area contributed by atoms with E-state index in [1.54, 1.807) is 0 Å². The topological polar surface area (TPSA) is 52.0 Å². The molecule has 0 radical (unpaired) electrons. The zero-order valence-electron chi connectivity index (χ0n) is 8.32. The molecular weight excluding hydrogens is 236 g/mol. The highest BCUT2D eigenvalue weighted by atomic mass is 35.7. The second-order valence-electron chi connectivity index (χ2n) is 3.79. The predicted molar refractivity (Wildman–Crippen MR) is 58.5 cm³/mol. The summed E-state index contributed by atoms with van der Waals surface area (Å²) in [6.45, 7) is 0.996. The van der Waals surface area contributed by atoms with Crippen LogP contribution in [-0.2, 0) is 28.4 Å². The predicted octanol–water partition coefficient (Wildman–Crippen LogP) is 1.33. The summed E-state index contributed by atoms with van der Waals surface area (Å²) in [5.41, 5.74) is 0.830. The van der Waals surface area contributed by atoms with Gasteiger partial charge in [0, 0.05) is 36.3 Å². The highest BCUT2D eigenvalue weighted by Gasteiger charge is 2.13. The fraction of sp³-hybridized carbons (Fsp3) is 0.667. The Morgan fingerprint density at radius 1 is 1.47 bits per heavy atom. The lowest BCUT2D eigenvalue weighted by Gasteiger charge is -2.11. The lowest BCUT2D eigenvalue weighted by atomic mass is 10.2. The number of aromatic nitrogens is 2. The van der Waals surface area contributed by atoms with E-state index in [0.717, 1.165) is 24.5 Å². The van der Waals surface area contributed by atoms with Crippen molar-refractivity contribution in [3.8, 4) is 0 Å². The van der Waals surface area contributed by atoms with Crippen molar-refractivity contribution in [1.82, 2.24) is 9.55 Å². The molecule has 1 aromatic heterocycles. The highest BCUT2D eigenvalue weighted by Crippen LogP contribution is 2.15. The Morgan fingerprint density at radius 2 is 2.27 bits per heavy atom. The molecule has 0 amide bonds. The third kappa shape index (κ3) is 2.95. The van der Waals surface area contributed by atoms with Gasteiger partial charge in [0.25, 0.3) is 0 Å². The van der Waals surface area contributed by atoms with Crippen LogP contribution in [0.3, 0.4) is 0 Å². The summed E-state index contributed by atoms with van der Waals surface area (Å²) in [4.78, 5) is 4.39. The van der Waals surface area contributed by atoms with Gasteiger partial charge in [-0.05, 0) is 12.8 Å². The minimum Gasteiger partial charge on any atom is -0.335 e. The summed E-state index contributed by atoms with van der Waals surface area (Å²) in [5, 5.41) is 0. The van der Waals surface area contributed by atoms with E-state index in [9.17, 15) is 8.42 Å². The van der Waals surface area contributed by atoms with Crippen molar-refractivity contribution in [3.05, 3.63) is 17.7 Å². The van der Waals surface area contributed by atoms with Gasteiger partial charge >= 0.3 is 0 Å². The molecular formula is C9H13ClN2O2S. The van der Waals surface area contributed by atoms with Crippen molar-refractivity contribution in [2.45, 2.75) is 32.2 Å². The van der Waals surface area contributed by atoms with Crippen LogP contribution in [0.1, 0.15) is 24.4 Å². The molecule has 0 aromatic carbocycles. The van der Waals surface area contributed by atoms with Gasteiger partial charge in [0.15, 0.2) is 0 Å². The zero-order valence-corrected chi connectivity index (χ0v) is 9.89. The number of nitrogens with zero attached hydrogens (tertiary/aromatic N) is 2. The molecule has 0 atom stereocenters. The summed E-state index contributed by atoms with van der Waals surface area (Å²) in [7, 11) is 1.75. The van der Waals surface area contributed by atoms with Crippen molar-refractivity contribution in [1.29, 1.82) is 0 Å². The van der Waals surface area contributed by atoms with Gasteiger partial charge < -0.3 is 4.57 Å². The van der Waals surface area contributed by atoms with Crippen LogP contribution in [0, 0.1) is 0 Å². The van der Waals surface area contributed by atoms with Crippen LogP contribution in [0.15, 0.2) is 6.20 Å². The molecule has 2 heterocycles. The molecule has 0 spiro atoms. The molecule has 15 heavy (non-hydrogen) atoms. The first-order valence-electron chi connectivity index (χ1n) is 5.02. The van der Waals surface area contributed by atoms with E-state index in [1.165, 1.54) is 12.8 Å². The molecule has 84 valence electrons. The SMILES string of the molecule is O=S(=O)(Cl)CCc1cn2c(n1)CCCC2. The Morgan fingerprint density at radius 3 is 2.93 bits per heavy atom. The van der Waals surface area contributed by atoms with Crippen LogP contribution in [0.2, 0.25) is 0 Å². The average molecular weight is 249 g/mol. The van der Waals surface area contributed by atoms with Crippen molar-refractivity contribution in [2.75, 3.05) is 5.75 Å². The molecule has 1 aliphatic rings. The fourth-order valence-electron chi connectivity index (χ4n) is 1.82. The fourth-order valence-corrected chi connectivity index (χ4v) is 2.50. The van der Waals surface area contributed by atoms with Gasteiger partial charge in [-0.15, -0.1) is 0 Å². The van der Waals surface area contributed by atoms with E-state index in [1.807, 2.05) is 6.20 Å². The third-order valence-corrected chi connectivity index (χ3v) is 3.72. The van der Waals surface area contributed by atoms with Crippen LogP contribution >= 0.6 is 10.7 Å². The van der Waals surface area contributed by atoms with Crippen LogP contribution < -0.4 is 0 Å². The van der Waals surface area contributed by atoms with E-state index in [4.69, 9.17) is 10.7 Å². The minimum absolute atomic E-state index is 0.0367. The largest absolute Gasteiger partial charge is 0.335 e. The number of aryl methyl sites for hydroxylation is 3. The Bertz CT molecular complexity index is 429. The molecule has 1 aromatic rings. The Labute approximate surface area is 93.7 Å². The minimum atomic E-state index is -3.40. The molecule has 0 fully saturated rings. The molecule has 0 aliphatic carbocycles. The maximum absolute atomic E-state index is 10.8. The normalized spacial score (nSPS) is 16.3. The molecule has 0 bridgehead atoms. The second kappa shape index (κ2) is 4.14. The third-order valence-electron chi connectivity index (χ3n) is 2.56. The first-order valence-corrected chi connectivity index (χ1v) is 7.50. The summed E-state index contributed by atoms with van der Waals surface area (Å²) in [5.74, 6) is 1.04. The standard InChI is InChI=1S/C9H13ClN2O2S/c10-15(13,14)6-4-8-7-12-5-2-1-3-9(12)11-8/h7H,1-6H2. The maximum atomic E-state index is 10.8. The van der Waals surface area contributed by atoms with E-state index in [2.05, 4.69) is 9.55 Å². The van der Waals surface area contributed by atoms with Crippen LogP contribution in [0.5, 0.6) is 0 Å². The summed E-state index contributed by atoms with van der Waals surface area (Å²) in [6.07, 6.45) is 5.69. The first-order chi connectivity index (χ1) is 7.04. The van der Waals surface area contributed by atoms with Crippen LogP contribution in [0.4, 0.5) is 0 Å². The lowest BCUT2D eigenvalue weighted by molar-refractivity contribution is 0.522. The van der Waals surface area contributed by atoms with Gasteiger partial charge in [-0.3, -0.25) is 0 Å². The number of halogens is 1. The van der Waals surface area contributed by atoms with Gasteiger partial charge in [-0.1, -0.05) is 0 Å². The van der Waals surface area contributed by atoms with Gasteiger partial charge in [-0.25, -0.2) is 13.4 Å². The van der Waals surface area contributed by atoms with Gasteiger partial charge in [0.2, 0.25) is 9.05 Å². The molecule has 0 unspecified atom stereocenters. The second-order valence-corrected chi connectivity index (χ2v) is 6.69. The molecule has 0 saturated carbocycles. The number of hydrogen-bond acceptors (Lipinski definition) is 3. The van der Waals surface area contributed by atoms with Crippen LogP contribution in [-0.4, -0.2) is 23.7 Å². The Kier molecular flexibility index (Phi) is 3.02. The number of rotatable bonds is 3. The first kappa shape index (κ1) is 11.0. The summed E-state index contributed by atoms with van der Waals surface area (Å²) >= 11 is 0. The molecule has 1 aliphatic heterocycles. The van der Waals surface area contributed by atoms with Crippen molar-refractivity contribution >= 4 is 19.7 Å². The quantitative estimate of drug-likeness (QED) is 0.759.